The molecule has 0 spiro atoms. The standard InChI is InChI=1S/C8H14O4/c1-5(9)12-7-4-2-3-6(10)8(7)11/h6-8,10-11H,2-4H2,1H3/t6-,7+,8-/m1/s1. The fraction of sp³-hybridized carbons (Fsp3) is 0.875. The third-order valence-electron chi connectivity index (χ3n) is 2.08. The Labute approximate surface area is 71.2 Å². The summed E-state index contributed by atoms with van der Waals surface area (Å²) in [5.74, 6) is -0.409. The molecule has 0 aromatic rings. The summed E-state index contributed by atoms with van der Waals surface area (Å²) in [6.07, 6.45) is -0.176. The molecule has 0 saturated heterocycles. The van der Waals surface area contributed by atoms with Crippen molar-refractivity contribution in [3.63, 3.8) is 0 Å². The van der Waals surface area contributed by atoms with E-state index in [0.717, 1.165) is 6.42 Å². The second-order valence-electron chi connectivity index (χ2n) is 3.14. The highest BCUT2D eigenvalue weighted by Crippen LogP contribution is 2.21. The number of rotatable bonds is 1. The van der Waals surface area contributed by atoms with Crippen LogP contribution in [0.3, 0.4) is 0 Å². The van der Waals surface area contributed by atoms with Gasteiger partial charge in [0.1, 0.15) is 12.2 Å². The van der Waals surface area contributed by atoms with Crippen LogP contribution in [0.25, 0.3) is 0 Å². The van der Waals surface area contributed by atoms with Crippen LogP contribution in [-0.4, -0.2) is 34.5 Å². The van der Waals surface area contributed by atoms with Crippen molar-refractivity contribution < 1.29 is 19.7 Å². The first kappa shape index (κ1) is 9.48. The molecule has 0 aromatic heterocycles. The minimum absolute atomic E-state index is 0.409. The zero-order valence-electron chi connectivity index (χ0n) is 7.06. The number of esters is 1. The highest BCUT2D eigenvalue weighted by atomic mass is 16.6. The van der Waals surface area contributed by atoms with Gasteiger partial charge in [0.05, 0.1) is 6.10 Å². The van der Waals surface area contributed by atoms with E-state index < -0.39 is 24.3 Å². The quantitative estimate of drug-likeness (QED) is 0.541. The first-order chi connectivity index (χ1) is 5.61. The van der Waals surface area contributed by atoms with Gasteiger partial charge in [-0.3, -0.25) is 4.79 Å². The number of carbonyl (C=O) groups is 1. The van der Waals surface area contributed by atoms with Gasteiger partial charge >= 0.3 is 5.97 Å². The molecule has 3 atom stereocenters. The SMILES string of the molecule is CC(=O)O[C@H]1CCC[C@@H](O)[C@H]1O. The monoisotopic (exact) mass is 174 g/mol. The smallest absolute Gasteiger partial charge is 0.302 e. The lowest BCUT2D eigenvalue weighted by Gasteiger charge is -2.30. The Morgan fingerprint density at radius 1 is 1.42 bits per heavy atom. The van der Waals surface area contributed by atoms with Crippen LogP contribution < -0.4 is 0 Å². The van der Waals surface area contributed by atoms with Crippen LogP contribution in [0.2, 0.25) is 0 Å². The molecule has 1 rings (SSSR count). The van der Waals surface area contributed by atoms with Crippen LogP contribution in [-0.2, 0) is 9.53 Å². The summed E-state index contributed by atoms with van der Waals surface area (Å²) in [7, 11) is 0. The molecule has 12 heavy (non-hydrogen) atoms. The van der Waals surface area contributed by atoms with Crippen LogP contribution in [0.1, 0.15) is 26.2 Å². The number of aliphatic hydroxyl groups is 2. The second kappa shape index (κ2) is 3.87. The molecule has 4 heteroatoms. The Balaban J connectivity index is 2.46. The van der Waals surface area contributed by atoms with Crippen LogP contribution in [0, 0.1) is 0 Å². The number of aliphatic hydroxyl groups excluding tert-OH is 2. The lowest BCUT2D eigenvalue weighted by Crippen LogP contribution is -2.43. The van der Waals surface area contributed by atoms with Crippen molar-refractivity contribution >= 4 is 5.97 Å². The summed E-state index contributed by atoms with van der Waals surface area (Å²) in [6, 6.07) is 0. The van der Waals surface area contributed by atoms with Crippen molar-refractivity contribution in [2.75, 3.05) is 0 Å². The van der Waals surface area contributed by atoms with E-state index in [1.165, 1.54) is 6.92 Å². The largest absolute Gasteiger partial charge is 0.460 e. The molecule has 1 aliphatic carbocycles. The van der Waals surface area contributed by atoms with Gasteiger partial charge in [-0.05, 0) is 19.3 Å². The maximum atomic E-state index is 10.5. The van der Waals surface area contributed by atoms with Gasteiger partial charge in [0.2, 0.25) is 0 Å². The van der Waals surface area contributed by atoms with Crippen molar-refractivity contribution in [1.82, 2.24) is 0 Å². The minimum atomic E-state index is -0.914. The molecule has 0 radical (unpaired) electrons. The lowest BCUT2D eigenvalue weighted by atomic mass is 9.92. The molecule has 2 N–H and O–H groups in total. The van der Waals surface area contributed by atoms with E-state index in [0.29, 0.717) is 12.8 Å². The van der Waals surface area contributed by atoms with Crippen molar-refractivity contribution in [1.29, 1.82) is 0 Å². The van der Waals surface area contributed by atoms with Gasteiger partial charge in [-0.15, -0.1) is 0 Å². The van der Waals surface area contributed by atoms with E-state index in [4.69, 9.17) is 4.74 Å². The summed E-state index contributed by atoms with van der Waals surface area (Å²) in [5, 5.41) is 18.6. The van der Waals surface area contributed by atoms with E-state index in [9.17, 15) is 15.0 Å². The fourth-order valence-electron chi connectivity index (χ4n) is 1.46. The zero-order valence-corrected chi connectivity index (χ0v) is 7.06. The first-order valence-corrected chi connectivity index (χ1v) is 4.14. The van der Waals surface area contributed by atoms with Crippen LogP contribution in [0.15, 0.2) is 0 Å². The summed E-state index contributed by atoms with van der Waals surface area (Å²) in [4.78, 5) is 10.5. The second-order valence-corrected chi connectivity index (χ2v) is 3.14. The third kappa shape index (κ3) is 2.19. The molecule has 0 unspecified atom stereocenters. The molecular formula is C8H14O4. The van der Waals surface area contributed by atoms with Crippen LogP contribution in [0.5, 0.6) is 0 Å². The molecule has 0 bridgehead atoms. The average Bonchev–Trinajstić information content (AvgIpc) is 1.98. The van der Waals surface area contributed by atoms with Gasteiger partial charge in [0, 0.05) is 6.92 Å². The van der Waals surface area contributed by atoms with Gasteiger partial charge in [0.15, 0.2) is 0 Å². The summed E-state index contributed by atoms with van der Waals surface area (Å²) < 4.78 is 4.82. The maximum absolute atomic E-state index is 10.5. The molecular weight excluding hydrogens is 160 g/mol. The van der Waals surface area contributed by atoms with Crippen LogP contribution >= 0.6 is 0 Å². The summed E-state index contributed by atoms with van der Waals surface area (Å²) >= 11 is 0. The average molecular weight is 174 g/mol. The Morgan fingerprint density at radius 2 is 2.08 bits per heavy atom. The van der Waals surface area contributed by atoms with Crippen molar-refractivity contribution in [3.8, 4) is 0 Å². The molecule has 1 saturated carbocycles. The Bertz CT molecular complexity index is 168. The Kier molecular flexibility index (Phi) is 3.05. The predicted molar refractivity (Wildman–Crippen MR) is 41.4 cm³/mol. The number of hydrogen-bond donors (Lipinski definition) is 2. The molecule has 70 valence electrons. The maximum Gasteiger partial charge on any atom is 0.302 e. The van der Waals surface area contributed by atoms with Crippen molar-refractivity contribution in [2.24, 2.45) is 0 Å². The van der Waals surface area contributed by atoms with Gasteiger partial charge in [-0.2, -0.15) is 0 Å². The van der Waals surface area contributed by atoms with E-state index in [1.54, 1.807) is 0 Å². The first-order valence-electron chi connectivity index (χ1n) is 4.14. The molecule has 0 heterocycles. The fourth-order valence-corrected chi connectivity index (χ4v) is 1.46. The van der Waals surface area contributed by atoms with Crippen molar-refractivity contribution in [2.45, 2.75) is 44.5 Å². The van der Waals surface area contributed by atoms with E-state index in [1.807, 2.05) is 0 Å². The molecule has 0 aromatic carbocycles. The normalized spacial score (nSPS) is 36.1. The molecule has 1 aliphatic rings. The van der Waals surface area contributed by atoms with Gasteiger partial charge in [-0.25, -0.2) is 0 Å². The van der Waals surface area contributed by atoms with Gasteiger partial charge in [-0.1, -0.05) is 0 Å². The molecule has 4 nitrogen and oxygen atoms in total. The molecule has 0 amide bonds. The van der Waals surface area contributed by atoms with Gasteiger partial charge < -0.3 is 14.9 Å². The highest BCUT2D eigenvalue weighted by molar-refractivity contribution is 5.66. The van der Waals surface area contributed by atoms with E-state index in [-0.39, 0.29) is 0 Å². The third-order valence-corrected chi connectivity index (χ3v) is 2.08. The Hall–Kier alpha value is -0.610. The lowest BCUT2D eigenvalue weighted by molar-refractivity contribution is -0.162. The van der Waals surface area contributed by atoms with Crippen LogP contribution in [0.4, 0.5) is 0 Å². The zero-order chi connectivity index (χ0) is 9.14. The minimum Gasteiger partial charge on any atom is -0.460 e. The topological polar surface area (TPSA) is 66.8 Å². The molecule has 0 aliphatic heterocycles. The summed E-state index contributed by atoms with van der Waals surface area (Å²) in [6.45, 7) is 1.30. The predicted octanol–water partition coefficient (Wildman–Crippen LogP) is -0.176. The molecule has 1 fully saturated rings. The van der Waals surface area contributed by atoms with Crippen molar-refractivity contribution in [3.05, 3.63) is 0 Å². The number of ether oxygens (including phenoxy) is 1. The number of carbonyl (C=O) groups excluding carboxylic acids is 1. The highest BCUT2D eigenvalue weighted by Gasteiger charge is 2.32. The van der Waals surface area contributed by atoms with E-state index in [2.05, 4.69) is 0 Å². The Morgan fingerprint density at radius 3 is 2.67 bits per heavy atom. The summed E-state index contributed by atoms with van der Waals surface area (Å²) in [5.41, 5.74) is 0. The van der Waals surface area contributed by atoms with E-state index >= 15 is 0 Å². The number of hydrogen-bond acceptors (Lipinski definition) is 4. The van der Waals surface area contributed by atoms with Gasteiger partial charge in [0.25, 0.3) is 0 Å².